The second-order valence-electron chi connectivity index (χ2n) is 9.26. The van der Waals surface area contributed by atoms with Crippen LogP contribution in [0.15, 0.2) is 65.1 Å². The number of rotatable bonds is 5. The highest BCUT2D eigenvalue weighted by Crippen LogP contribution is 2.47. The Morgan fingerprint density at radius 3 is 2.72 bits per heavy atom. The maximum absolute atomic E-state index is 13.4. The molecular weight excluding hydrogens is 476 g/mol. The van der Waals surface area contributed by atoms with Crippen LogP contribution in [0.25, 0.3) is 0 Å². The number of Topliss-reactive ketones (excluding diaryl/α,β-unsaturated/α-hetero) is 1. The topological polar surface area (TPSA) is 91.8 Å². The lowest BCUT2D eigenvalue weighted by Gasteiger charge is -2.39. The third kappa shape index (κ3) is 4.48. The first-order valence-electron chi connectivity index (χ1n) is 12.2. The lowest BCUT2D eigenvalue weighted by molar-refractivity contribution is -0.116. The van der Waals surface area contributed by atoms with E-state index in [1.807, 2.05) is 29.2 Å². The zero-order valence-corrected chi connectivity index (χ0v) is 21.1. The van der Waals surface area contributed by atoms with E-state index >= 15 is 0 Å². The van der Waals surface area contributed by atoms with Gasteiger partial charge in [0.15, 0.2) is 5.78 Å². The second-order valence-corrected chi connectivity index (χ2v) is 9.69. The highest BCUT2D eigenvalue weighted by molar-refractivity contribution is 6.30. The molecule has 0 spiro atoms. The van der Waals surface area contributed by atoms with Crippen LogP contribution in [0.5, 0.6) is 5.75 Å². The molecular formula is C28H29ClN4O3. The molecule has 3 aliphatic rings. The number of nitrogens with two attached hydrogens (primary N) is 1. The minimum absolute atomic E-state index is 0.0547. The van der Waals surface area contributed by atoms with Crippen LogP contribution in [-0.2, 0) is 16.1 Å². The van der Waals surface area contributed by atoms with E-state index in [2.05, 4.69) is 17.0 Å². The molecule has 2 heterocycles. The molecule has 0 amide bonds. The van der Waals surface area contributed by atoms with Crippen molar-refractivity contribution in [1.82, 2.24) is 4.90 Å². The Bertz CT molecular complexity index is 1290. The monoisotopic (exact) mass is 504 g/mol. The highest BCUT2D eigenvalue weighted by atomic mass is 35.5. The fourth-order valence-electron chi connectivity index (χ4n) is 5.43. The number of morpholine rings is 1. The Balaban J connectivity index is 1.63. The maximum atomic E-state index is 13.4. The SMILES string of the molecule is COc1ccc([C@@H]2C(C#N)=C(N)N(c3cccc(Cl)c3)C3=C2C(=O)CCC3)cc1CN1CCOCC1. The number of nitrogens with zero attached hydrogens (tertiary/aromatic N) is 3. The van der Waals surface area contributed by atoms with Crippen LogP contribution < -0.4 is 15.4 Å². The van der Waals surface area contributed by atoms with Gasteiger partial charge in [0.25, 0.3) is 0 Å². The summed E-state index contributed by atoms with van der Waals surface area (Å²) in [4.78, 5) is 17.6. The number of halogens is 1. The summed E-state index contributed by atoms with van der Waals surface area (Å²) in [5.41, 5.74) is 11.2. The quantitative estimate of drug-likeness (QED) is 0.641. The van der Waals surface area contributed by atoms with Gasteiger partial charge in [0, 0.05) is 53.6 Å². The van der Waals surface area contributed by atoms with Crippen molar-refractivity contribution in [3.05, 3.63) is 81.3 Å². The van der Waals surface area contributed by atoms with Gasteiger partial charge in [0.05, 0.1) is 37.9 Å². The molecule has 7 nitrogen and oxygen atoms in total. The van der Waals surface area contributed by atoms with Crippen molar-refractivity contribution in [3.63, 3.8) is 0 Å². The van der Waals surface area contributed by atoms with Gasteiger partial charge in [-0.1, -0.05) is 23.7 Å². The molecule has 186 valence electrons. The van der Waals surface area contributed by atoms with Crippen molar-refractivity contribution >= 4 is 23.1 Å². The van der Waals surface area contributed by atoms with Crippen molar-refractivity contribution in [2.24, 2.45) is 5.73 Å². The molecule has 1 aliphatic carbocycles. The number of ether oxygens (including phenoxy) is 2. The number of methoxy groups -OCH3 is 1. The zero-order chi connectivity index (χ0) is 25.2. The lowest BCUT2D eigenvalue weighted by Crippen LogP contribution is -2.38. The molecule has 0 radical (unpaired) electrons. The smallest absolute Gasteiger partial charge is 0.161 e. The van der Waals surface area contributed by atoms with Gasteiger partial charge in [-0.25, -0.2) is 0 Å². The number of allylic oxidation sites excluding steroid dienone is 3. The first kappa shape index (κ1) is 24.4. The molecule has 8 heteroatoms. The molecule has 0 unspecified atom stereocenters. The fourth-order valence-corrected chi connectivity index (χ4v) is 5.62. The van der Waals surface area contributed by atoms with E-state index in [0.717, 1.165) is 47.8 Å². The number of nitriles is 1. The van der Waals surface area contributed by atoms with E-state index < -0.39 is 5.92 Å². The number of benzene rings is 2. The Kier molecular flexibility index (Phi) is 7.01. The molecule has 0 bridgehead atoms. The molecule has 1 fully saturated rings. The molecule has 2 aromatic carbocycles. The van der Waals surface area contributed by atoms with Crippen LogP contribution in [0.4, 0.5) is 5.69 Å². The van der Waals surface area contributed by atoms with Gasteiger partial charge in [-0.2, -0.15) is 5.26 Å². The molecule has 1 saturated heterocycles. The molecule has 2 N–H and O–H groups in total. The summed E-state index contributed by atoms with van der Waals surface area (Å²) < 4.78 is 11.2. The summed E-state index contributed by atoms with van der Waals surface area (Å²) in [6.07, 6.45) is 1.88. The Labute approximate surface area is 216 Å². The van der Waals surface area contributed by atoms with Gasteiger partial charge in [-0.05, 0) is 48.7 Å². The summed E-state index contributed by atoms with van der Waals surface area (Å²) in [6.45, 7) is 3.78. The second kappa shape index (κ2) is 10.4. The lowest BCUT2D eigenvalue weighted by atomic mass is 9.75. The Morgan fingerprint density at radius 1 is 1.19 bits per heavy atom. The summed E-state index contributed by atoms with van der Waals surface area (Å²) >= 11 is 6.28. The van der Waals surface area contributed by atoms with Gasteiger partial charge in [-0.15, -0.1) is 0 Å². The molecule has 36 heavy (non-hydrogen) atoms. The third-order valence-corrected chi connectivity index (χ3v) is 7.35. The number of hydrogen-bond donors (Lipinski definition) is 1. The third-order valence-electron chi connectivity index (χ3n) is 7.12. The molecule has 2 aliphatic heterocycles. The largest absolute Gasteiger partial charge is 0.496 e. The van der Waals surface area contributed by atoms with E-state index in [1.54, 1.807) is 19.2 Å². The average Bonchev–Trinajstić information content (AvgIpc) is 2.89. The Hall–Kier alpha value is -3.31. The molecule has 2 aromatic rings. The van der Waals surface area contributed by atoms with Crippen molar-refractivity contribution in [2.45, 2.75) is 31.7 Å². The number of ketones is 1. The first-order chi connectivity index (χ1) is 17.5. The van der Waals surface area contributed by atoms with E-state index in [-0.39, 0.29) is 5.78 Å². The summed E-state index contributed by atoms with van der Waals surface area (Å²) in [6, 6.07) is 15.6. The maximum Gasteiger partial charge on any atom is 0.161 e. The summed E-state index contributed by atoms with van der Waals surface area (Å²) in [7, 11) is 1.66. The van der Waals surface area contributed by atoms with Gasteiger partial charge in [0.2, 0.25) is 0 Å². The number of hydrogen-bond acceptors (Lipinski definition) is 7. The number of anilines is 1. The zero-order valence-electron chi connectivity index (χ0n) is 20.3. The van der Waals surface area contributed by atoms with Crippen LogP contribution in [0, 0.1) is 11.3 Å². The van der Waals surface area contributed by atoms with Gasteiger partial charge in [0.1, 0.15) is 11.6 Å². The van der Waals surface area contributed by atoms with Gasteiger partial charge >= 0.3 is 0 Å². The van der Waals surface area contributed by atoms with Gasteiger partial charge in [-0.3, -0.25) is 14.6 Å². The van der Waals surface area contributed by atoms with Crippen molar-refractivity contribution in [3.8, 4) is 11.8 Å². The highest BCUT2D eigenvalue weighted by Gasteiger charge is 2.40. The van der Waals surface area contributed by atoms with Crippen LogP contribution in [0.3, 0.4) is 0 Å². The average molecular weight is 505 g/mol. The summed E-state index contributed by atoms with van der Waals surface area (Å²) in [5, 5.41) is 10.9. The van der Waals surface area contributed by atoms with E-state index in [1.165, 1.54) is 0 Å². The van der Waals surface area contributed by atoms with Crippen molar-refractivity contribution < 1.29 is 14.3 Å². The van der Waals surface area contributed by atoms with Crippen LogP contribution in [0.1, 0.15) is 36.3 Å². The minimum atomic E-state index is -0.525. The fraction of sp³-hybridized carbons (Fsp3) is 0.357. The van der Waals surface area contributed by atoms with E-state index in [0.29, 0.717) is 54.6 Å². The summed E-state index contributed by atoms with van der Waals surface area (Å²) in [5.74, 6) is 0.645. The molecule has 0 saturated carbocycles. The van der Waals surface area contributed by atoms with Crippen LogP contribution >= 0.6 is 11.6 Å². The predicted octanol–water partition coefficient (Wildman–Crippen LogP) is 4.49. The Morgan fingerprint density at radius 2 is 2.00 bits per heavy atom. The standard InChI is InChI=1S/C28H29ClN4O3/c1-35-25-9-8-18(14-19(25)17-32-10-12-36-13-11-32)26-22(16-30)28(31)33(21-5-2-4-20(29)15-21)23-6-3-7-24(34)27(23)26/h2,4-5,8-9,14-15,26H,3,6-7,10-13,17,31H2,1H3/t26-/m1/s1. The predicted molar refractivity (Wildman–Crippen MR) is 138 cm³/mol. The normalized spacial score (nSPS) is 20.9. The van der Waals surface area contributed by atoms with E-state index in [4.69, 9.17) is 26.8 Å². The van der Waals surface area contributed by atoms with Crippen LogP contribution in [0.2, 0.25) is 5.02 Å². The molecule has 5 rings (SSSR count). The van der Waals surface area contributed by atoms with Gasteiger partial charge < -0.3 is 15.2 Å². The van der Waals surface area contributed by atoms with Crippen LogP contribution in [-0.4, -0.2) is 44.1 Å². The first-order valence-corrected chi connectivity index (χ1v) is 12.6. The van der Waals surface area contributed by atoms with Crippen molar-refractivity contribution in [2.75, 3.05) is 38.3 Å². The number of carbonyl (C=O) groups excluding carboxylic acids is 1. The molecule has 0 aromatic heterocycles. The molecule has 1 atom stereocenters. The minimum Gasteiger partial charge on any atom is -0.496 e. The number of carbonyl (C=O) groups is 1. The van der Waals surface area contributed by atoms with Crippen molar-refractivity contribution in [1.29, 1.82) is 5.26 Å². The van der Waals surface area contributed by atoms with E-state index in [9.17, 15) is 10.1 Å².